The van der Waals surface area contributed by atoms with Gasteiger partial charge in [-0.1, -0.05) is 136 Å². The normalized spacial score (nSPS) is 11.3. The lowest BCUT2D eigenvalue weighted by atomic mass is 9.74. The molecule has 0 saturated carbocycles. The van der Waals surface area contributed by atoms with Crippen LogP contribution in [0.1, 0.15) is 176 Å². The highest BCUT2D eigenvalue weighted by Crippen LogP contribution is 2.37. The lowest BCUT2D eigenvalue weighted by Gasteiger charge is -2.29. The summed E-state index contributed by atoms with van der Waals surface area (Å²) in [5.74, 6) is -0.751. The van der Waals surface area contributed by atoms with Crippen LogP contribution in [0.25, 0.3) is 0 Å². The SMILES string of the molecule is CC(=O)OC(C)C.CCCCCCCCCCCCCCCCC(CCCC)(CCCC)C(=O)O. The molecule has 0 aromatic carbocycles. The van der Waals surface area contributed by atoms with Gasteiger partial charge in [-0.25, -0.2) is 0 Å². The van der Waals surface area contributed by atoms with Gasteiger partial charge in [0.05, 0.1) is 11.5 Å². The Labute approximate surface area is 219 Å². The van der Waals surface area contributed by atoms with Crippen molar-refractivity contribution in [2.24, 2.45) is 5.41 Å². The number of carboxylic acids is 1. The molecule has 0 saturated heterocycles. The second-order valence-corrected chi connectivity index (χ2v) is 10.8. The Bertz CT molecular complexity index is 465. The minimum Gasteiger partial charge on any atom is -0.481 e. The number of carbonyl (C=O) groups is 2. The molecule has 1 N–H and O–H groups in total. The highest BCUT2D eigenvalue weighted by Gasteiger charge is 2.36. The maximum atomic E-state index is 12.0. The molecular formula is C31H62O4. The molecule has 0 rings (SSSR count). The Morgan fingerprint density at radius 1 is 0.600 bits per heavy atom. The van der Waals surface area contributed by atoms with Crippen LogP contribution < -0.4 is 0 Å². The Balaban J connectivity index is 0. The van der Waals surface area contributed by atoms with E-state index in [0.717, 1.165) is 51.4 Å². The highest BCUT2D eigenvalue weighted by molar-refractivity contribution is 5.74. The minimum atomic E-state index is -0.538. The van der Waals surface area contributed by atoms with Crippen LogP contribution in [0.3, 0.4) is 0 Å². The molecule has 0 aromatic heterocycles. The molecular weight excluding hydrogens is 436 g/mol. The van der Waals surface area contributed by atoms with E-state index in [1.807, 2.05) is 13.8 Å². The number of rotatable bonds is 23. The summed E-state index contributed by atoms with van der Waals surface area (Å²) in [6, 6.07) is 0. The van der Waals surface area contributed by atoms with Gasteiger partial charge < -0.3 is 9.84 Å². The van der Waals surface area contributed by atoms with Crippen LogP contribution in [0.15, 0.2) is 0 Å². The fourth-order valence-electron chi connectivity index (χ4n) is 4.72. The van der Waals surface area contributed by atoms with Gasteiger partial charge >= 0.3 is 11.9 Å². The first-order valence-electron chi connectivity index (χ1n) is 15.2. The van der Waals surface area contributed by atoms with Crippen molar-refractivity contribution in [1.29, 1.82) is 0 Å². The predicted molar refractivity (Wildman–Crippen MR) is 151 cm³/mol. The van der Waals surface area contributed by atoms with Crippen molar-refractivity contribution in [3.8, 4) is 0 Å². The van der Waals surface area contributed by atoms with E-state index in [2.05, 4.69) is 25.5 Å². The van der Waals surface area contributed by atoms with E-state index < -0.39 is 11.4 Å². The maximum Gasteiger partial charge on any atom is 0.309 e. The Morgan fingerprint density at radius 3 is 1.17 bits per heavy atom. The topological polar surface area (TPSA) is 63.6 Å². The molecule has 210 valence electrons. The summed E-state index contributed by atoms with van der Waals surface area (Å²) in [5, 5.41) is 9.88. The van der Waals surface area contributed by atoms with Crippen molar-refractivity contribution in [2.75, 3.05) is 0 Å². The number of aliphatic carboxylic acids is 1. The summed E-state index contributed by atoms with van der Waals surface area (Å²) < 4.78 is 4.61. The molecule has 35 heavy (non-hydrogen) atoms. The van der Waals surface area contributed by atoms with E-state index in [-0.39, 0.29) is 12.1 Å². The van der Waals surface area contributed by atoms with Crippen LogP contribution in [0.5, 0.6) is 0 Å². The fourth-order valence-corrected chi connectivity index (χ4v) is 4.72. The van der Waals surface area contributed by atoms with Crippen LogP contribution in [0.2, 0.25) is 0 Å². The molecule has 0 fully saturated rings. The fraction of sp³-hybridized carbons (Fsp3) is 0.935. The summed E-state index contributed by atoms with van der Waals surface area (Å²) in [6.07, 6.45) is 25.9. The summed E-state index contributed by atoms with van der Waals surface area (Å²) in [5.41, 5.74) is -0.441. The van der Waals surface area contributed by atoms with E-state index in [4.69, 9.17) is 0 Å². The van der Waals surface area contributed by atoms with Crippen molar-refractivity contribution >= 4 is 11.9 Å². The lowest BCUT2D eigenvalue weighted by molar-refractivity contribution is -0.151. The largest absolute Gasteiger partial charge is 0.481 e. The van der Waals surface area contributed by atoms with Crippen molar-refractivity contribution in [1.82, 2.24) is 0 Å². The molecule has 0 bridgehead atoms. The molecule has 0 radical (unpaired) electrons. The maximum absolute atomic E-state index is 12.0. The van der Waals surface area contributed by atoms with Gasteiger partial charge in [-0.05, 0) is 33.1 Å². The number of hydrogen-bond donors (Lipinski definition) is 1. The molecule has 0 aliphatic heterocycles. The van der Waals surface area contributed by atoms with Gasteiger partial charge in [0, 0.05) is 6.92 Å². The van der Waals surface area contributed by atoms with Crippen molar-refractivity contribution in [2.45, 2.75) is 182 Å². The highest BCUT2D eigenvalue weighted by atomic mass is 16.5. The standard InChI is InChI=1S/C26H52O2.C5H10O2/c1-4-7-10-11-12-13-14-15-16-17-18-19-20-21-24-26(25(27)28,22-8-5-2)23-9-6-3;1-4(2)7-5(3)6/h4-24H2,1-3H3,(H,27,28);4H,1-3H3. The van der Waals surface area contributed by atoms with Crippen LogP contribution >= 0.6 is 0 Å². The number of carboxylic acid groups (broad SMARTS) is 1. The second kappa shape index (κ2) is 26.0. The average molecular weight is 499 g/mol. The summed E-state index contributed by atoms with van der Waals surface area (Å²) >= 11 is 0. The molecule has 0 atom stereocenters. The first-order chi connectivity index (χ1) is 16.8. The van der Waals surface area contributed by atoms with E-state index >= 15 is 0 Å². The van der Waals surface area contributed by atoms with Gasteiger partial charge in [-0.15, -0.1) is 0 Å². The Morgan fingerprint density at radius 2 is 0.914 bits per heavy atom. The van der Waals surface area contributed by atoms with Crippen molar-refractivity contribution < 1.29 is 19.4 Å². The van der Waals surface area contributed by atoms with E-state index in [9.17, 15) is 14.7 Å². The van der Waals surface area contributed by atoms with Gasteiger partial charge in [-0.2, -0.15) is 0 Å². The summed E-state index contributed by atoms with van der Waals surface area (Å²) in [4.78, 5) is 22.0. The lowest BCUT2D eigenvalue weighted by Crippen LogP contribution is -2.31. The molecule has 0 amide bonds. The second-order valence-electron chi connectivity index (χ2n) is 10.8. The van der Waals surface area contributed by atoms with Crippen LogP contribution in [-0.2, 0) is 14.3 Å². The van der Waals surface area contributed by atoms with Crippen LogP contribution in [0, 0.1) is 5.41 Å². The van der Waals surface area contributed by atoms with E-state index in [0.29, 0.717) is 0 Å². The number of esters is 1. The molecule has 4 nitrogen and oxygen atoms in total. The number of unbranched alkanes of at least 4 members (excludes halogenated alkanes) is 15. The zero-order valence-corrected chi connectivity index (χ0v) is 24.6. The zero-order chi connectivity index (χ0) is 26.8. The first-order valence-corrected chi connectivity index (χ1v) is 15.2. The number of hydrogen-bond acceptors (Lipinski definition) is 3. The monoisotopic (exact) mass is 498 g/mol. The number of carbonyl (C=O) groups excluding carboxylic acids is 1. The van der Waals surface area contributed by atoms with Crippen molar-refractivity contribution in [3.05, 3.63) is 0 Å². The van der Waals surface area contributed by atoms with Crippen LogP contribution in [-0.4, -0.2) is 23.1 Å². The summed E-state index contributed by atoms with van der Waals surface area (Å²) in [6.45, 7) is 11.7. The minimum absolute atomic E-state index is 0.0255. The molecule has 0 aromatic rings. The third-order valence-corrected chi connectivity index (χ3v) is 6.88. The Kier molecular flexibility index (Phi) is 26.8. The molecule has 0 aliphatic carbocycles. The molecule has 4 heteroatoms. The predicted octanol–water partition coefficient (Wildman–Crippen LogP) is 10.3. The number of ether oxygens (including phenoxy) is 1. The van der Waals surface area contributed by atoms with Gasteiger partial charge in [0.1, 0.15) is 0 Å². The van der Waals surface area contributed by atoms with Gasteiger partial charge in [0.15, 0.2) is 0 Å². The zero-order valence-electron chi connectivity index (χ0n) is 24.6. The van der Waals surface area contributed by atoms with Gasteiger partial charge in [-0.3, -0.25) is 9.59 Å². The van der Waals surface area contributed by atoms with Crippen molar-refractivity contribution in [3.63, 3.8) is 0 Å². The molecule has 0 heterocycles. The summed E-state index contributed by atoms with van der Waals surface area (Å²) in [7, 11) is 0. The molecule has 0 spiro atoms. The van der Waals surface area contributed by atoms with Gasteiger partial charge in [0.2, 0.25) is 0 Å². The first kappa shape index (κ1) is 36.1. The smallest absolute Gasteiger partial charge is 0.309 e. The Hall–Kier alpha value is -1.06. The quantitative estimate of drug-likeness (QED) is 0.112. The third-order valence-electron chi connectivity index (χ3n) is 6.88. The third kappa shape index (κ3) is 24.4. The van der Waals surface area contributed by atoms with E-state index in [1.54, 1.807) is 0 Å². The molecule has 0 aliphatic rings. The van der Waals surface area contributed by atoms with Crippen LogP contribution in [0.4, 0.5) is 0 Å². The van der Waals surface area contributed by atoms with Gasteiger partial charge in [0.25, 0.3) is 0 Å². The van der Waals surface area contributed by atoms with E-state index in [1.165, 1.54) is 90.4 Å². The average Bonchev–Trinajstić information content (AvgIpc) is 2.80. The molecule has 0 unspecified atom stereocenters.